The molecule has 0 atom stereocenters. The molecule has 0 saturated carbocycles. The van der Waals surface area contributed by atoms with Crippen LogP contribution in [0.5, 0.6) is 0 Å². The van der Waals surface area contributed by atoms with Crippen molar-refractivity contribution in [2.45, 2.75) is 13.3 Å². The first-order chi connectivity index (χ1) is 14.2. The van der Waals surface area contributed by atoms with Crippen LogP contribution in [0.4, 0.5) is 16.3 Å². The van der Waals surface area contributed by atoms with Crippen LogP contribution in [-0.4, -0.2) is 52.3 Å². The number of amides is 2. The van der Waals surface area contributed by atoms with Crippen LogP contribution in [0.15, 0.2) is 60.9 Å². The smallest absolute Gasteiger partial charge is 0.321 e. The summed E-state index contributed by atoms with van der Waals surface area (Å²) in [6, 6.07) is 15.7. The van der Waals surface area contributed by atoms with Crippen LogP contribution >= 0.6 is 0 Å². The number of aromatic nitrogens is 3. The lowest BCUT2D eigenvalue weighted by Crippen LogP contribution is -2.50. The Bertz CT molecular complexity index is 953. The Kier molecular flexibility index (Phi) is 5.65. The fraction of sp³-hybridized carbons (Fsp3) is 0.273. The van der Waals surface area contributed by atoms with E-state index in [4.69, 9.17) is 0 Å². The molecule has 0 radical (unpaired) electrons. The van der Waals surface area contributed by atoms with Gasteiger partial charge >= 0.3 is 6.03 Å². The van der Waals surface area contributed by atoms with Crippen molar-refractivity contribution in [3.63, 3.8) is 0 Å². The third-order valence-electron chi connectivity index (χ3n) is 5.16. The molecule has 3 aromatic rings. The summed E-state index contributed by atoms with van der Waals surface area (Å²) in [6.45, 7) is 4.84. The summed E-state index contributed by atoms with van der Waals surface area (Å²) in [7, 11) is 0. The molecular weight excluding hydrogens is 364 g/mol. The molecule has 0 unspecified atom stereocenters. The molecule has 1 saturated heterocycles. The zero-order valence-corrected chi connectivity index (χ0v) is 16.5. The highest BCUT2D eigenvalue weighted by atomic mass is 16.2. The van der Waals surface area contributed by atoms with Crippen molar-refractivity contribution in [2.75, 3.05) is 36.4 Å². The second kappa shape index (κ2) is 8.68. The van der Waals surface area contributed by atoms with E-state index < -0.39 is 0 Å². The first-order valence-electron chi connectivity index (χ1n) is 9.87. The van der Waals surface area contributed by atoms with Crippen LogP contribution in [0.1, 0.15) is 12.5 Å². The molecule has 1 fully saturated rings. The highest BCUT2D eigenvalue weighted by molar-refractivity contribution is 5.90. The van der Waals surface area contributed by atoms with Gasteiger partial charge < -0.3 is 15.1 Å². The predicted molar refractivity (Wildman–Crippen MR) is 114 cm³/mol. The van der Waals surface area contributed by atoms with Crippen molar-refractivity contribution in [1.29, 1.82) is 0 Å². The molecule has 1 aliphatic heterocycles. The number of para-hydroxylation sites is 1. The van der Waals surface area contributed by atoms with Crippen LogP contribution in [-0.2, 0) is 6.42 Å². The molecule has 7 heteroatoms. The zero-order valence-electron chi connectivity index (χ0n) is 16.5. The molecule has 1 aliphatic rings. The van der Waals surface area contributed by atoms with E-state index in [2.05, 4.69) is 32.3 Å². The van der Waals surface area contributed by atoms with E-state index in [1.807, 2.05) is 53.4 Å². The zero-order chi connectivity index (χ0) is 20.1. The maximum atomic E-state index is 12.6. The highest BCUT2D eigenvalue weighted by Gasteiger charge is 2.22. The normalized spacial score (nSPS) is 14.0. The summed E-state index contributed by atoms with van der Waals surface area (Å²) in [4.78, 5) is 20.7. The first-order valence-corrected chi connectivity index (χ1v) is 9.87. The van der Waals surface area contributed by atoms with E-state index in [0.29, 0.717) is 13.1 Å². The standard InChI is InChI=1S/C22H24N6O/c1-2-17-5-3-4-6-19(17)24-22(29)28-15-13-27(14-16-28)21-8-7-20(25-26-21)18-9-11-23-12-10-18/h3-12H,2,13-16H2,1H3,(H,24,29). The fourth-order valence-corrected chi connectivity index (χ4v) is 3.45. The molecule has 29 heavy (non-hydrogen) atoms. The second-order valence-electron chi connectivity index (χ2n) is 6.93. The van der Waals surface area contributed by atoms with Crippen LogP contribution in [0, 0.1) is 0 Å². The number of benzene rings is 1. The van der Waals surface area contributed by atoms with Gasteiger partial charge in [-0.3, -0.25) is 4.98 Å². The number of piperazine rings is 1. The molecule has 4 rings (SSSR count). The molecule has 2 aromatic heterocycles. The molecule has 0 aliphatic carbocycles. The molecule has 3 heterocycles. The Morgan fingerprint density at radius 1 is 0.966 bits per heavy atom. The number of anilines is 2. The summed E-state index contributed by atoms with van der Waals surface area (Å²) in [6.07, 6.45) is 4.38. The molecule has 0 spiro atoms. The van der Waals surface area contributed by atoms with Crippen LogP contribution in [0.25, 0.3) is 11.3 Å². The summed E-state index contributed by atoms with van der Waals surface area (Å²) in [5.41, 5.74) is 3.85. The van der Waals surface area contributed by atoms with Crippen molar-refractivity contribution in [3.8, 4) is 11.3 Å². The Morgan fingerprint density at radius 3 is 2.41 bits per heavy atom. The van der Waals surface area contributed by atoms with Gasteiger partial charge in [0.05, 0.1) is 5.69 Å². The van der Waals surface area contributed by atoms with Gasteiger partial charge in [-0.25, -0.2) is 4.79 Å². The third kappa shape index (κ3) is 4.34. The number of rotatable bonds is 4. The summed E-state index contributed by atoms with van der Waals surface area (Å²) >= 11 is 0. The van der Waals surface area contributed by atoms with Crippen LogP contribution < -0.4 is 10.2 Å². The monoisotopic (exact) mass is 388 g/mol. The summed E-state index contributed by atoms with van der Waals surface area (Å²) < 4.78 is 0. The Balaban J connectivity index is 1.35. The number of hydrogen-bond donors (Lipinski definition) is 1. The number of pyridine rings is 1. The maximum Gasteiger partial charge on any atom is 0.321 e. The minimum atomic E-state index is -0.0512. The largest absolute Gasteiger partial charge is 0.352 e. The second-order valence-corrected chi connectivity index (χ2v) is 6.93. The van der Waals surface area contributed by atoms with Gasteiger partial charge in [0, 0.05) is 49.8 Å². The van der Waals surface area contributed by atoms with Gasteiger partial charge in [0.1, 0.15) is 0 Å². The molecule has 1 N–H and O–H groups in total. The van der Waals surface area contributed by atoms with E-state index in [9.17, 15) is 4.79 Å². The minimum Gasteiger partial charge on any atom is -0.352 e. The van der Waals surface area contributed by atoms with E-state index in [1.165, 1.54) is 0 Å². The van der Waals surface area contributed by atoms with Gasteiger partial charge in [-0.15, -0.1) is 10.2 Å². The van der Waals surface area contributed by atoms with Crippen molar-refractivity contribution in [3.05, 3.63) is 66.5 Å². The van der Waals surface area contributed by atoms with E-state index in [0.717, 1.165) is 47.8 Å². The van der Waals surface area contributed by atoms with Crippen LogP contribution in [0.2, 0.25) is 0 Å². The molecular formula is C22H24N6O. The lowest BCUT2D eigenvalue weighted by Gasteiger charge is -2.35. The number of carbonyl (C=O) groups excluding carboxylic acids is 1. The molecule has 7 nitrogen and oxygen atoms in total. The van der Waals surface area contributed by atoms with Gasteiger partial charge in [-0.1, -0.05) is 25.1 Å². The predicted octanol–water partition coefficient (Wildman–Crippen LogP) is 3.46. The van der Waals surface area contributed by atoms with Crippen LogP contribution in [0.3, 0.4) is 0 Å². The van der Waals surface area contributed by atoms with Gasteiger partial charge in [0.25, 0.3) is 0 Å². The summed E-state index contributed by atoms with van der Waals surface area (Å²) in [5, 5.41) is 11.8. The van der Waals surface area contributed by atoms with Gasteiger partial charge in [-0.2, -0.15) is 0 Å². The minimum absolute atomic E-state index is 0.0512. The number of nitrogens with one attached hydrogen (secondary N) is 1. The van der Waals surface area contributed by atoms with Crippen molar-refractivity contribution < 1.29 is 4.79 Å². The number of urea groups is 1. The van der Waals surface area contributed by atoms with Gasteiger partial charge in [-0.05, 0) is 42.3 Å². The molecule has 2 amide bonds. The van der Waals surface area contributed by atoms with E-state index in [1.54, 1.807) is 12.4 Å². The molecule has 1 aromatic carbocycles. The SMILES string of the molecule is CCc1ccccc1NC(=O)N1CCN(c2ccc(-c3ccncc3)nn2)CC1. The first kappa shape index (κ1) is 18.9. The number of aryl methyl sites for hydroxylation is 1. The number of carbonyl (C=O) groups is 1. The van der Waals surface area contributed by atoms with Crippen molar-refractivity contribution in [1.82, 2.24) is 20.1 Å². The quantitative estimate of drug-likeness (QED) is 0.741. The van der Waals surface area contributed by atoms with Gasteiger partial charge in [0.15, 0.2) is 5.82 Å². The Hall–Kier alpha value is -3.48. The van der Waals surface area contributed by atoms with Crippen molar-refractivity contribution in [2.24, 2.45) is 0 Å². The lowest BCUT2D eigenvalue weighted by atomic mass is 10.1. The topological polar surface area (TPSA) is 74.2 Å². The lowest BCUT2D eigenvalue weighted by molar-refractivity contribution is 0.208. The molecule has 0 bridgehead atoms. The fourth-order valence-electron chi connectivity index (χ4n) is 3.45. The molecule has 148 valence electrons. The third-order valence-corrected chi connectivity index (χ3v) is 5.16. The number of hydrogen-bond acceptors (Lipinski definition) is 5. The van der Waals surface area contributed by atoms with Crippen molar-refractivity contribution >= 4 is 17.5 Å². The summed E-state index contributed by atoms with van der Waals surface area (Å²) in [5.74, 6) is 0.833. The maximum absolute atomic E-state index is 12.6. The van der Waals surface area contributed by atoms with E-state index in [-0.39, 0.29) is 6.03 Å². The van der Waals surface area contributed by atoms with Gasteiger partial charge in [0.2, 0.25) is 0 Å². The highest BCUT2D eigenvalue weighted by Crippen LogP contribution is 2.20. The average Bonchev–Trinajstić information content (AvgIpc) is 2.80. The van der Waals surface area contributed by atoms with E-state index >= 15 is 0 Å². The number of nitrogens with zero attached hydrogens (tertiary/aromatic N) is 5. The average molecular weight is 388 g/mol. The Labute approximate surface area is 170 Å². The Morgan fingerprint density at radius 2 is 1.72 bits per heavy atom.